The van der Waals surface area contributed by atoms with Gasteiger partial charge in [0, 0.05) is 13.6 Å². The van der Waals surface area contributed by atoms with E-state index in [1.807, 2.05) is 0 Å². The van der Waals surface area contributed by atoms with Crippen LogP contribution in [0, 0.1) is 5.82 Å². The zero-order valence-corrected chi connectivity index (χ0v) is 10.5. The van der Waals surface area contributed by atoms with Crippen LogP contribution in [0.4, 0.5) is 10.1 Å². The molecule has 1 unspecified atom stereocenters. The normalized spacial score (nSPS) is 14.5. The SMILES string of the molecule is CC(O)CCN(C)c1ccc([C@H](C)O)cc1F. The minimum Gasteiger partial charge on any atom is -0.393 e. The highest BCUT2D eigenvalue weighted by Gasteiger charge is 2.10. The topological polar surface area (TPSA) is 43.7 Å². The third kappa shape index (κ3) is 3.98. The van der Waals surface area contributed by atoms with Gasteiger partial charge in [0.05, 0.1) is 17.9 Å². The van der Waals surface area contributed by atoms with E-state index in [-0.39, 0.29) is 5.82 Å². The van der Waals surface area contributed by atoms with Crippen LogP contribution in [0.15, 0.2) is 18.2 Å². The molecule has 4 heteroatoms. The van der Waals surface area contributed by atoms with Crippen molar-refractivity contribution in [2.45, 2.75) is 32.5 Å². The summed E-state index contributed by atoms with van der Waals surface area (Å²) in [7, 11) is 1.78. The fourth-order valence-electron chi connectivity index (χ4n) is 1.59. The number of benzene rings is 1. The smallest absolute Gasteiger partial charge is 0.146 e. The lowest BCUT2D eigenvalue weighted by atomic mass is 10.1. The van der Waals surface area contributed by atoms with E-state index in [0.29, 0.717) is 24.2 Å². The van der Waals surface area contributed by atoms with Gasteiger partial charge in [-0.1, -0.05) is 6.07 Å². The number of nitrogens with zero attached hydrogens (tertiary/aromatic N) is 1. The number of aliphatic hydroxyl groups is 2. The molecule has 2 atom stereocenters. The van der Waals surface area contributed by atoms with E-state index in [2.05, 4.69) is 0 Å². The minimum absolute atomic E-state index is 0.350. The molecule has 17 heavy (non-hydrogen) atoms. The summed E-state index contributed by atoms with van der Waals surface area (Å²) in [5.41, 5.74) is 1.05. The van der Waals surface area contributed by atoms with Gasteiger partial charge in [0.25, 0.3) is 0 Å². The highest BCUT2D eigenvalue weighted by atomic mass is 19.1. The van der Waals surface area contributed by atoms with Crippen LogP contribution in [-0.2, 0) is 0 Å². The van der Waals surface area contributed by atoms with Crippen LogP contribution < -0.4 is 4.90 Å². The lowest BCUT2D eigenvalue weighted by molar-refractivity contribution is 0.187. The Hall–Kier alpha value is -1.13. The van der Waals surface area contributed by atoms with E-state index in [1.165, 1.54) is 6.07 Å². The van der Waals surface area contributed by atoms with E-state index in [0.717, 1.165) is 0 Å². The first-order valence-corrected chi connectivity index (χ1v) is 5.78. The number of halogens is 1. The average Bonchev–Trinajstić information content (AvgIpc) is 2.25. The van der Waals surface area contributed by atoms with Gasteiger partial charge in [-0.15, -0.1) is 0 Å². The van der Waals surface area contributed by atoms with E-state index < -0.39 is 12.2 Å². The second-order valence-corrected chi connectivity index (χ2v) is 4.45. The maximum absolute atomic E-state index is 13.8. The quantitative estimate of drug-likeness (QED) is 0.829. The monoisotopic (exact) mass is 241 g/mol. The van der Waals surface area contributed by atoms with E-state index in [9.17, 15) is 14.6 Å². The van der Waals surface area contributed by atoms with Crippen molar-refractivity contribution in [1.29, 1.82) is 0 Å². The molecule has 0 spiro atoms. The van der Waals surface area contributed by atoms with Crippen LogP contribution >= 0.6 is 0 Å². The molecule has 96 valence electrons. The standard InChI is InChI=1S/C13H20FNO2/c1-9(16)6-7-15(3)13-5-4-11(10(2)17)8-12(13)14/h4-5,8-10,16-17H,6-7H2,1-3H3/t9?,10-/m0/s1. The minimum atomic E-state index is -0.665. The number of hydrogen-bond acceptors (Lipinski definition) is 3. The lowest BCUT2D eigenvalue weighted by Crippen LogP contribution is -2.22. The third-order valence-electron chi connectivity index (χ3n) is 2.75. The Kier molecular flexibility index (Phi) is 4.90. The van der Waals surface area contributed by atoms with Crippen molar-refractivity contribution in [2.75, 3.05) is 18.5 Å². The molecule has 0 radical (unpaired) electrons. The van der Waals surface area contributed by atoms with Crippen LogP contribution in [0.5, 0.6) is 0 Å². The summed E-state index contributed by atoms with van der Waals surface area (Å²) >= 11 is 0. The fraction of sp³-hybridized carbons (Fsp3) is 0.538. The molecule has 0 aliphatic rings. The summed E-state index contributed by atoms with van der Waals surface area (Å²) in [5, 5.41) is 18.5. The average molecular weight is 241 g/mol. The molecule has 2 N–H and O–H groups in total. The summed E-state index contributed by atoms with van der Waals surface area (Å²) in [6.07, 6.45) is -0.466. The van der Waals surface area contributed by atoms with Crippen molar-refractivity contribution in [1.82, 2.24) is 0 Å². The molecule has 0 aliphatic carbocycles. The lowest BCUT2D eigenvalue weighted by Gasteiger charge is -2.21. The van der Waals surface area contributed by atoms with Gasteiger partial charge in [-0.25, -0.2) is 4.39 Å². The number of rotatable bonds is 5. The maximum atomic E-state index is 13.8. The number of anilines is 1. The third-order valence-corrected chi connectivity index (χ3v) is 2.75. The van der Waals surface area contributed by atoms with Crippen molar-refractivity contribution in [2.24, 2.45) is 0 Å². The van der Waals surface area contributed by atoms with Gasteiger partial charge in [-0.2, -0.15) is 0 Å². The number of aliphatic hydroxyl groups excluding tert-OH is 2. The van der Waals surface area contributed by atoms with Crippen molar-refractivity contribution in [3.63, 3.8) is 0 Å². The highest BCUT2D eigenvalue weighted by molar-refractivity contribution is 5.48. The van der Waals surface area contributed by atoms with Gasteiger partial charge >= 0.3 is 0 Å². The predicted molar refractivity (Wildman–Crippen MR) is 66.6 cm³/mol. The second-order valence-electron chi connectivity index (χ2n) is 4.45. The second kappa shape index (κ2) is 5.98. The van der Waals surface area contributed by atoms with Crippen LogP contribution in [0.25, 0.3) is 0 Å². The summed E-state index contributed by atoms with van der Waals surface area (Å²) in [4.78, 5) is 1.76. The van der Waals surface area contributed by atoms with E-state index in [1.54, 1.807) is 37.9 Å². The largest absolute Gasteiger partial charge is 0.393 e. The molecule has 0 aliphatic heterocycles. The van der Waals surface area contributed by atoms with Crippen LogP contribution in [-0.4, -0.2) is 29.9 Å². The molecule has 1 aromatic carbocycles. The molecule has 0 saturated carbocycles. The van der Waals surface area contributed by atoms with Crippen LogP contribution in [0.1, 0.15) is 31.9 Å². The van der Waals surface area contributed by atoms with Gasteiger partial charge in [-0.3, -0.25) is 0 Å². The summed E-state index contributed by atoms with van der Waals surface area (Å²) in [6.45, 7) is 3.90. The summed E-state index contributed by atoms with van der Waals surface area (Å²) in [6, 6.07) is 4.71. The van der Waals surface area contributed by atoms with Gasteiger partial charge < -0.3 is 15.1 Å². The highest BCUT2D eigenvalue weighted by Crippen LogP contribution is 2.22. The van der Waals surface area contributed by atoms with Gasteiger partial charge in [0.1, 0.15) is 5.82 Å². The van der Waals surface area contributed by atoms with E-state index in [4.69, 9.17) is 0 Å². The zero-order valence-electron chi connectivity index (χ0n) is 10.5. The maximum Gasteiger partial charge on any atom is 0.146 e. The molecule has 0 amide bonds. The van der Waals surface area contributed by atoms with Gasteiger partial charge in [0.15, 0.2) is 0 Å². The molecule has 0 fully saturated rings. The molecule has 1 aromatic rings. The Labute approximate surface area is 101 Å². The molecular weight excluding hydrogens is 221 g/mol. The number of hydrogen-bond donors (Lipinski definition) is 2. The van der Waals surface area contributed by atoms with E-state index >= 15 is 0 Å². The first-order chi connectivity index (χ1) is 7.91. The molecule has 0 saturated heterocycles. The molecular formula is C13H20FNO2. The van der Waals surface area contributed by atoms with Gasteiger partial charge in [0.2, 0.25) is 0 Å². The Morgan fingerprint density at radius 3 is 2.41 bits per heavy atom. The Morgan fingerprint density at radius 1 is 1.29 bits per heavy atom. The predicted octanol–water partition coefficient (Wildman–Crippen LogP) is 2.09. The Morgan fingerprint density at radius 2 is 1.94 bits per heavy atom. The fourth-order valence-corrected chi connectivity index (χ4v) is 1.59. The first-order valence-electron chi connectivity index (χ1n) is 5.78. The van der Waals surface area contributed by atoms with Crippen LogP contribution in [0.3, 0.4) is 0 Å². The van der Waals surface area contributed by atoms with Crippen molar-refractivity contribution >= 4 is 5.69 Å². The zero-order chi connectivity index (χ0) is 13.0. The van der Waals surface area contributed by atoms with Crippen molar-refractivity contribution in [3.8, 4) is 0 Å². The molecule has 0 aromatic heterocycles. The Bertz CT molecular complexity index is 366. The van der Waals surface area contributed by atoms with Crippen molar-refractivity contribution in [3.05, 3.63) is 29.6 Å². The molecule has 0 bridgehead atoms. The molecule has 1 rings (SSSR count). The molecule has 0 heterocycles. The molecule has 3 nitrogen and oxygen atoms in total. The Balaban J connectivity index is 2.77. The first kappa shape index (κ1) is 13.9. The van der Waals surface area contributed by atoms with Crippen LogP contribution in [0.2, 0.25) is 0 Å². The van der Waals surface area contributed by atoms with Crippen molar-refractivity contribution < 1.29 is 14.6 Å². The van der Waals surface area contributed by atoms with Gasteiger partial charge in [-0.05, 0) is 38.0 Å². The summed E-state index contributed by atoms with van der Waals surface area (Å²) in [5.74, 6) is -0.350. The summed E-state index contributed by atoms with van der Waals surface area (Å²) < 4.78 is 13.8.